The lowest BCUT2D eigenvalue weighted by atomic mass is 10.2. The Bertz CT molecular complexity index is 427. The Kier molecular flexibility index (Phi) is 8.21. The van der Waals surface area contributed by atoms with E-state index in [0.717, 1.165) is 18.8 Å². The zero-order valence-corrected chi connectivity index (χ0v) is 13.0. The number of ether oxygens (including phenoxy) is 1. The molecular weight excluding hydrogens is 264 g/mol. The third-order valence-corrected chi connectivity index (χ3v) is 2.86. The van der Waals surface area contributed by atoms with Crippen LogP contribution in [-0.4, -0.2) is 25.6 Å². The van der Waals surface area contributed by atoms with Gasteiger partial charge in [-0.1, -0.05) is 38.6 Å². The maximum atomic E-state index is 11.5. The Morgan fingerprint density at radius 2 is 2.05 bits per heavy atom. The van der Waals surface area contributed by atoms with Gasteiger partial charge in [0.2, 0.25) is 5.91 Å². The number of benzene rings is 1. The monoisotopic (exact) mass is 290 g/mol. The van der Waals surface area contributed by atoms with E-state index in [-0.39, 0.29) is 5.91 Å². The molecule has 1 aromatic rings. The summed E-state index contributed by atoms with van der Waals surface area (Å²) in [6.07, 6.45) is 2.23. The highest BCUT2D eigenvalue weighted by Crippen LogP contribution is 2.11. The van der Waals surface area contributed by atoms with Crippen molar-refractivity contribution in [2.24, 2.45) is 5.92 Å². The molecule has 0 radical (unpaired) electrons. The zero-order valence-electron chi connectivity index (χ0n) is 13.0. The van der Waals surface area contributed by atoms with Crippen LogP contribution in [0.1, 0.15) is 25.8 Å². The van der Waals surface area contributed by atoms with Crippen molar-refractivity contribution < 1.29 is 9.53 Å². The second-order valence-corrected chi connectivity index (χ2v) is 5.37. The first-order valence-corrected chi connectivity index (χ1v) is 7.42. The molecule has 0 spiro atoms. The van der Waals surface area contributed by atoms with E-state index in [1.165, 1.54) is 5.56 Å². The Morgan fingerprint density at radius 3 is 2.67 bits per heavy atom. The summed E-state index contributed by atoms with van der Waals surface area (Å²) in [5.41, 5.74) is 1.17. The van der Waals surface area contributed by atoms with Crippen LogP contribution in [-0.2, 0) is 11.3 Å². The zero-order chi connectivity index (χ0) is 15.5. The number of amides is 1. The Hall–Kier alpha value is -1.81. The van der Waals surface area contributed by atoms with Crippen molar-refractivity contribution >= 4 is 5.91 Å². The normalized spacial score (nSPS) is 10.4. The van der Waals surface area contributed by atoms with Crippen LogP contribution in [0.3, 0.4) is 0 Å². The first-order valence-electron chi connectivity index (χ1n) is 7.42. The maximum Gasteiger partial charge on any atom is 0.221 e. The number of rotatable bonds is 10. The quantitative estimate of drug-likeness (QED) is 0.514. The van der Waals surface area contributed by atoms with Gasteiger partial charge in [0.05, 0.1) is 0 Å². The van der Waals surface area contributed by atoms with E-state index < -0.39 is 0 Å². The molecule has 0 atom stereocenters. The third-order valence-electron chi connectivity index (χ3n) is 2.86. The highest BCUT2D eigenvalue weighted by atomic mass is 16.5. The predicted molar refractivity (Wildman–Crippen MR) is 86.3 cm³/mol. The second-order valence-electron chi connectivity index (χ2n) is 5.37. The molecule has 4 heteroatoms. The van der Waals surface area contributed by atoms with Crippen LogP contribution in [0.4, 0.5) is 0 Å². The lowest BCUT2D eigenvalue weighted by Gasteiger charge is -2.09. The Morgan fingerprint density at radius 1 is 1.33 bits per heavy atom. The molecule has 0 unspecified atom stereocenters. The summed E-state index contributed by atoms with van der Waals surface area (Å²) in [7, 11) is 0. The molecule has 1 rings (SSSR count). The van der Waals surface area contributed by atoms with Crippen LogP contribution < -0.4 is 15.4 Å². The van der Waals surface area contributed by atoms with Crippen LogP contribution >= 0.6 is 0 Å². The molecule has 0 aliphatic carbocycles. The van der Waals surface area contributed by atoms with Gasteiger partial charge < -0.3 is 15.4 Å². The van der Waals surface area contributed by atoms with E-state index in [9.17, 15) is 4.79 Å². The van der Waals surface area contributed by atoms with Gasteiger partial charge in [0.1, 0.15) is 12.4 Å². The molecule has 0 aliphatic rings. The average Bonchev–Trinajstić information content (AvgIpc) is 2.48. The van der Waals surface area contributed by atoms with Crippen molar-refractivity contribution in [3.63, 3.8) is 0 Å². The molecule has 4 nitrogen and oxygen atoms in total. The van der Waals surface area contributed by atoms with Gasteiger partial charge in [-0.25, -0.2) is 0 Å². The van der Waals surface area contributed by atoms with Crippen molar-refractivity contribution in [1.82, 2.24) is 10.6 Å². The highest BCUT2D eigenvalue weighted by Gasteiger charge is 2.02. The first kappa shape index (κ1) is 17.2. The average molecular weight is 290 g/mol. The van der Waals surface area contributed by atoms with Gasteiger partial charge in [-0.3, -0.25) is 4.79 Å². The first-order chi connectivity index (χ1) is 10.1. The summed E-state index contributed by atoms with van der Waals surface area (Å²) in [6.45, 7) is 10.5. The van der Waals surface area contributed by atoms with E-state index in [1.54, 1.807) is 6.08 Å². The van der Waals surface area contributed by atoms with E-state index in [0.29, 0.717) is 25.5 Å². The van der Waals surface area contributed by atoms with Crippen LogP contribution in [0.5, 0.6) is 5.75 Å². The lowest BCUT2D eigenvalue weighted by molar-refractivity contribution is -0.121. The number of hydrogen-bond acceptors (Lipinski definition) is 3. The van der Waals surface area contributed by atoms with Crippen molar-refractivity contribution in [1.29, 1.82) is 0 Å². The summed E-state index contributed by atoms with van der Waals surface area (Å²) in [4.78, 5) is 11.5. The van der Waals surface area contributed by atoms with Crippen molar-refractivity contribution in [2.45, 2.75) is 26.8 Å². The molecule has 0 bridgehead atoms. The van der Waals surface area contributed by atoms with Crippen LogP contribution in [0.15, 0.2) is 36.9 Å². The van der Waals surface area contributed by atoms with Gasteiger partial charge >= 0.3 is 0 Å². The molecule has 21 heavy (non-hydrogen) atoms. The third kappa shape index (κ3) is 8.15. The highest BCUT2D eigenvalue weighted by molar-refractivity contribution is 5.76. The fourth-order valence-electron chi connectivity index (χ4n) is 1.70. The van der Waals surface area contributed by atoms with E-state index in [4.69, 9.17) is 4.74 Å². The molecular formula is C17H26N2O2. The number of carbonyl (C=O) groups is 1. The van der Waals surface area contributed by atoms with Crippen LogP contribution in [0, 0.1) is 5.92 Å². The SMILES string of the molecule is C=CCOc1ccc(CNCCC(=O)NCC(C)C)cc1. The number of carbonyl (C=O) groups excluding carboxylic acids is 1. The molecule has 0 saturated heterocycles. The van der Waals surface area contributed by atoms with Gasteiger partial charge in [-0.05, 0) is 23.6 Å². The molecule has 0 saturated carbocycles. The lowest BCUT2D eigenvalue weighted by Crippen LogP contribution is -2.30. The molecule has 2 N–H and O–H groups in total. The molecule has 0 aliphatic heterocycles. The largest absolute Gasteiger partial charge is 0.490 e. The smallest absolute Gasteiger partial charge is 0.221 e. The molecule has 1 aromatic carbocycles. The number of nitrogens with one attached hydrogen (secondary N) is 2. The number of hydrogen-bond donors (Lipinski definition) is 2. The Balaban J connectivity index is 2.17. The Labute approximate surface area is 127 Å². The second kappa shape index (κ2) is 10.00. The molecule has 0 fully saturated rings. The molecule has 0 aromatic heterocycles. The van der Waals surface area contributed by atoms with E-state index in [2.05, 4.69) is 31.1 Å². The van der Waals surface area contributed by atoms with Gasteiger partial charge in [-0.15, -0.1) is 0 Å². The molecule has 116 valence electrons. The van der Waals surface area contributed by atoms with Crippen molar-refractivity contribution in [3.8, 4) is 5.75 Å². The minimum absolute atomic E-state index is 0.101. The maximum absolute atomic E-state index is 11.5. The van der Waals surface area contributed by atoms with Crippen LogP contribution in [0.2, 0.25) is 0 Å². The summed E-state index contributed by atoms with van der Waals surface area (Å²) in [5.74, 6) is 1.43. The van der Waals surface area contributed by atoms with Gasteiger partial charge in [0, 0.05) is 26.1 Å². The van der Waals surface area contributed by atoms with Gasteiger partial charge in [0.25, 0.3) is 0 Å². The molecule has 0 heterocycles. The topological polar surface area (TPSA) is 50.4 Å². The summed E-state index contributed by atoms with van der Waals surface area (Å²) in [5, 5.41) is 6.17. The standard InChI is InChI=1S/C17H26N2O2/c1-4-11-21-16-7-5-15(6-8-16)13-18-10-9-17(20)19-12-14(2)3/h4-8,14,18H,1,9-13H2,2-3H3,(H,19,20). The van der Waals surface area contributed by atoms with Crippen molar-refractivity contribution in [3.05, 3.63) is 42.5 Å². The van der Waals surface area contributed by atoms with Crippen molar-refractivity contribution in [2.75, 3.05) is 19.7 Å². The summed E-state index contributed by atoms with van der Waals surface area (Å²) in [6, 6.07) is 7.92. The fourth-order valence-corrected chi connectivity index (χ4v) is 1.70. The van der Waals surface area contributed by atoms with Gasteiger partial charge in [-0.2, -0.15) is 0 Å². The fraction of sp³-hybridized carbons (Fsp3) is 0.471. The van der Waals surface area contributed by atoms with Crippen LogP contribution in [0.25, 0.3) is 0 Å². The summed E-state index contributed by atoms with van der Waals surface area (Å²) >= 11 is 0. The summed E-state index contributed by atoms with van der Waals surface area (Å²) < 4.78 is 5.42. The minimum Gasteiger partial charge on any atom is -0.490 e. The minimum atomic E-state index is 0.101. The van der Waals surface area contributed by atoms with E-state index >= 15 is 0 Å². The predicted octanol–water partition coefficient (Wildman–Crippen LogP) is 2.50. The molecule has 1 amide bonds. The van der Waals surface area contributed by atoms with E-state index in [1.807, 2.05) is 24.3 Å². The van der Waals surface area contributed by atoms with Gasteiger partial charge in [0.15, 0.2) is 0 Å².